The standard InChI is InChI=1S/C12H15N3O2S/c1-4-15(9-10(2)3)18(16,17)12-6-5-7-14-11(12)8-13/h5-7H,2,4,9H2,1,3H3. The van der Waals surface area contributed by atoms with Crippen LogP contribution in [0.15, 0.2) is 35.4 Å². The third kappa shape index (κ3) is 2.94. The molecule has 1 aromatic heterocycles. The number of nitriles is 1. The van der Waals surface area contributed by atoms with Gasteiger partial charge in [-0.25, -0.2) is 13.4 Å². The first-order valence-electron chi connectivity index (χ1n) is 5.43. The van der Waals surface area contributed by atoms with Crippen molar-refractivity contribution < 1.29 is 8.42 Å². The SMILES string of the molecule is C=C(C)CN(CC)S(=O)(=O)c1cccnc1C#N. The number of rotatable bonds is 5. The van der Waals surface area contributed by atoms with Crippen LogP contribution in [0.4, 0.5) is 0 Å². The molecular weight excluding hydrogens is 250 g/mol. The van der Waals surface area contributed by atoms with Crippen LogP contribution in [0.25, 0.3) is 0 Å². The molecule has 0 aliphatic heterocycles. The van der Waals surface area contributed by atoms with E-state index < -0.39 is 10.0 Å². The Bertz CT molecular complexity index is 588. The molecule has 0 unspecified atom stereocenters. The summed E-state index contributed by atoms with van der Waals surface area (Å²) < 4.78 is 26.0. The fourth-order valence-electron chi connectivity index (χ4n) is 1.49. The third-order valence-electron chi connectivity index (χ3n) is 2.29. The van der Waals surface area contributed by atoms with Crippen molar-refractivity contribution >= 4 is 10.0 Å². The molecule has 0 bridgehead atoms. The summed E-state index contributed by atoms with van der Waals surface area (Å²) in [5, 5.41) is 8.91. The number of likely N-dealkylation sites (N-methyl/N-ethyl adjacent to an activating group) is 1. The third-order valence-corrected chi connectivity index (χ3v) is 4.25. The second-order valence-corrected chi connectivity index (χ2v) is 5.76. The minimum absolute atomic E-state index is 0.0596. The van der Waals surface area contributed by atoms with E-state index in [2.05, 4.69) is 11.6 Å². The minimum Gasteiger partial charge on any atom is -0.244 e. The summed E-state index contributed by atoms with van der Waals surface area (Å²) in [4.78, 5) is 3.71. The van der Waals surface area contributed by atoms with Crippen molar-refractivity contribution in [1.82, 2.24) is 9.29 Å². The van der Waals surface area contributed by atoms with Crippen molar-refractivity contribution in [2.24, 2.45) is 0 Å². The molecule has 0 aliphatic rings. The summed E-state index contributed by atoms with van der Waals surface area (Å²) in [6.07, 6.45) is 1.40. The van der Waals surface area contributed by atoms with Gasteiger partial charge in [0.15, 0.2) is 5.69 Å². The van der Waals surface area contributed by atoms with Crippen LogP contribution in [0.3, 0.4) is 0 Å². The van der Waals surface area contributed by atoms with Crippen LogP contribution in [0, 0.1) is 11.3 Å². The van der Waals surface area contributed by atoms with Gasteiger partial charge in [0.2, 0.25) is 10.0 Å². The quantitative estimate of drug-likeness (QED) is 0.757. The Labute approximate surface area is 107 Å². The summed E-state index contributed by atoms with van der Waals surface area (Å²) in [5.74, 6) is 0. The highest BCUT2D eigenvalue weighted by Gasteiger charge is 2.26. The summed E-state index contributed by atoms with van der Waals surface area (Å²) in [5.41, 5.74) is 0.653. The van der Waals surface area contributed by atoms with Gasteiger partial charge in [-0.1, -0.05) is 19.1 Å². The molecule has 0 radical (unpaired) electrons. The molecule has 0 saturated carbocycles. The van der Waals surface area contributed by atoms with Crippen LogP contribution in [0.5, 0.6) is 0 Å². The zero-order valence-electron chi connectivity index (χ0n) is 10.4. The normalized spacial score (nSPS) is 11.2. The van der Waals surface area contributed by atoms with Gasteiger partial charge >= 0.3 is 0 Å². The lowest BCUT2D eigenvalue weighted by Gasteiger charge is -2.20. The van der Waals surface area contributed by atoms with E-state index in [9.17, 15) is 8.42 Å². The molecule has 5 nitrogen and oxygen atoms in total. The Kier molecular flexibility index (Phi) is 4.59. The smallest absolute Gasteiger partial charge is 0.244 e. The average molecular weight is 265 g/mol. The molecule has 1 rings (SSSR count). The van der Waals surface area contributed by atoms with Crippen molar-refractivity contribution in [2.45, 2.75) is 18.7 Å². The fourth-order valence-corrected chi connectivity index (χ4v) is 3.09. The highest BCUT2D eigenvalue weighted by Crippen LogP contribution is 2.18. The van der Waals surface area contributed by atoms with Gasteiger partial charge in [-0.05, 0) is 19.1 Å². The van der Waals surface area contributed by atoms with E-state index in [4.69, 9.17) is 5.26 Å². The van der Waals surface area contributed by atoms with Crippen LogP contribution in [-0.4, -0.2) is 30.8 Å². The van der Waals surface area contributed by atoms with Gasteiger partial charge in [-0.3, -0.25) is 0 Å². The van der Waals surface area contributed by atoms with Crippen molar-refractivity contribution in [3.63, 3.8) is 0 Å². The van der Waals surface area contributed by atoms with Gasteiger partial charge in [-0.15, -0.1) is 0 Å². The number of sulfonamides is 1. The molecule has 6 heteroatoms. The van der Waals surface area contributed by atoms with E-state index in [1.54, 1.807) is 19.9 Å². The van der Waals surface area contributed by atoms with Gasteiger partial charge in [0.25, 0.3) is 0 Å². The molecule has 1 heterocycles. The predicted molar refractivity (Wildman–Crippen MR) is 68.2 cm³/mol. The second-order valence-electron chi connectivity index (χ2n) is 3.85. The molecular formula is C12H15N3O2S. The molecule has 1 aromatic rings. The lowest BCUT2D eigenvalue weighted by atomic mass is 10.3. The van der Waals surface area contributed by atoms with E-state index in [-0.39, 0.29) is 17.1 Å². The van der Waals surface area contributed by atoms with Crippen molar-refractivity contribution in [1.29, 1.82) is 5.26 Å². The minimum atomic E-state index is -3.70. The van der Waals surface area contributed by atoms with E-state index >= 15 is 0 Å². The van der Waals surface area contributed by atoms with Gasteiger partial charge in [-0.2, -0.15) is 9.57 Å². The van der Waals surface area contributed by atoms with Gasteiger partial charge in [0.05, 0.1) is 0 Å². The zero-order chi connectivity index (χ0) is 13.8. The van der Waals surface area contributed by atoms with E-state index in [1.807, 2.05) is 0 Å². The first kappa shape index (κ1) is 14.4. The Hall–Kier alpha value is -1.71. The van der Waals surface area contributed by atoms with E-state index in [0.29, 0.717) is 6.54 Å². The molecule has 0 aromatic carbocycles. The molecule has 0 N–H and O–H groups in total. The lowest BCUT2D eigenvalue weighted by molar-refractivity contribution is 0.452. The molecule has 0 aliphatic carbocycles. The number of pyridine rings is 1. The molecule has 0 saturated heterocycles. The van der Waals surface area contributed by atoms with Crippen LogP contribution in [0.2, 0.25) is 0 Å². The van der Waals surface area contributed by atoms with Crippen molar-refractivity contribution in [3.8, 4) is 6.07 Å². The number of hydrogen-bond acceptors (Lipinski definition) is 4. The van der Waals surface area contributed by atoms with Crippen LogP contribution < -0.4 is 0 Å². The van der Waals surface area contributed by atoms with E-state index in [1.165, 1.54) is 22.6 Å². The highest BCUT2D eigenvalue weighted by molar-refractivity contribution is 7.89. The Balaban J connectivity index is 3.28. The maximum atomic E-state index is 12.4. The van der Waals surface area contributed by atoms with Crippen molar-refractivity contribution in [2.75, 3.05) is 13.1 Å². The number of nitrogens with zero attached hydrogens (tertiary/aromatic N) is 3. The zero-order valence-corrected chi connectivity index (χ0v) is 11.2. The largest absolute Gasteiger partial charge is 0.246 e. The molecule has 0 amide bonds. The Morgan fingerprint density at radius 3 is 2.78 bits per heavy atom. The molecule has 96 valence electrons. The summed E-state index contributed by atoms with van der Waals surface area (Å²) in [6.45, 7) is 7.75. The number of aromatic nitrogens is 1. The average Bonchev–Trinajstić information content (AvgIpc) is 2.35. The Morgan fingerprint density at radius 1 is 1.61 bits per heavy atom. The molecule has 18 heavy (non-hydrogen) atoms. The van der Waals surface area contributed by atoms with Crippen LogP contribution in [0.1, 0.15) is 19.5 Å². The molecule has 0 fully saturated rings. The van der Waals surface area contributed by atoms with Gasteiger partial charge < -0.3 is 0 Å². The molecule has 0 spiro atoms. The summed E-state index contributed by atoms with van der Waals surface area (Å²) in [7, 11) is -3.70. The molecule has 0 atom stereocenters. The first-order chi connectivity index (χ1) is 8.43. The van der Waals surface area contributed by atoms with Gasteiger partial charge in [0, 0.05) is 19.3 Å². The summed E-state index contributed by atoms with van der Waals surface area (Å²) >= 11 is 0. The highest BCUT2D eigenvalue weighted by atomic mass is 32.2. The maximum absolute atomic E-state index is 12.4. The Morgan fingerprint density at radius 2 is 2.28 bits per heavy atom. The van der Waals surface area contributed by atoms with Crippen LogP contribution >= 0.6 is 0 Å². The van der Waals surface area contributed by atoms with E-state index in [0.717, 1.165) is 5.57 Å². The predicted octanol–water partition coefficient (Wildman–Crippen LogP) is 1.54. The second kappa shape index (κ2) is 5.76. The van der Waals surface area contributed by atoms with Gasteiger partial charge in [0.1, 0.15) is 11.0 Å². The topological polar surface area (TPSA) is 74.1 Å². The van der Waals surface area contributed by atoms with Crippen molar-refractivity contribution in [3.05, 3.63) is 36.2 Å². The van der Waals surface area contributed by atoms with Crippen LogP contribution in [-0.2, 0) is 10.0 Å². The maximum Gasteiger partial charge on any atom is 0.246 e. The fraction of sp³-hybridized carbons (Fsp3) is 0.333. The summed E-state index contributed by atoms with van der Waals surface area (Å²) in [6, 6.07) is 4.69. The first-order valence-corrected chi connectivity index (χ1v) is 6.87. The lowest BCUT2D eigenvalue weighted by Crippen LogP contribution is -2.32. The number of hydrogen-bond donors (Lipinski definition) is 0. The monoisotopic (exact) mass is 265 g/mol.